The molecular formula is C19H21N3O2. The molecule has 5 nitrogen and oxygen atoms in total. The minimum atomic E-state index is -0.273. The van der Waals surface area contributed by atoms with E-state index in [0.29, 0.717) is 19.6 Å². The van der Waals surface area contributed by atoms with Crippen LogP contribution in [0, 0.1) is 12.8 Å². The maximum absolute atomic E-state index is 12.3. The Labute approximate surface area is 141 Å². The van der Waals surface area contributed by atoms with Gasteiger partial charge in [-0.15, -0.1) is 0 Å². The van der Waals surface area contributed by atoms with Gasteiger partial charge in [-0.3, -0.25) is 14.6 Å². The summed E-state index contributed by atoms with van der Waals surface area (Å²) in [5, 5.41) is 2.91. The summed E-state index contributed by atoms with van der Waals surface area (Å²) in [5.74, 6) is -0.295. The van der Waals surface area contributed by atoms with E-state index in [0.717, 1.165) is 11.1 Å². The zero-order valence-corrected chi connectivity index (χ0v) is 13.7. The minimum Gasteiger partial charge on any atom is -0.352 e. The Morgan fingerprint density at radius 3 is 2.58 bits per heavy atom. The van der Waals surface area contributed by atoms with Gasteiger partial charge < -0.3 is 10.2 Å². The molecule has 0 spiro atoms. The Morgan fingerprint density at radius 2 is 1.88 bits per heavy atom. The molecule has 1 aliphatic rings. The highest BCUT2D eigenvalue weighted by molar-refractivity contribution is 5.89. The fourth-order valence-corrected chi connectivity index (χ4v) is 2.85. The van der Waals surface area contributed by atoms with Crippen LogP contribution in [-0.2, 0) is 22.7 Å². The van der Waals surface area contributed by atoms with Gasteiger partial charge in [0.1, 0.15) is 0 Å². The average molecular weight is 323 g/mol. The lowest BCUT2D eigenvalue weighted by atomic mass is 10.1. The third-order valence-corrected chi connectivity index (χ3v) is 4.30. The van der Waals surface area contributed by atoms with Crippen molar-refractivity contribution in [2.45, 2.75) is 26.4 Å². The number of carbonyl (C=O) groups is 2. The SMILES string of the molecule is Cc1ccc(CN2CC(C(=O)NCc3ccncc3)CC2=O)cc1. The number of hydrogen-bond acceptors (Lipinski definition) is 3. The van der Waals surface area contributed by atoms with Crippen molar-refractivity contribution in [1.82, 2.24) is 15.2 Å². The van der Waals surface area contributed by atoms with Gasteiger partial charge in [-0.25, -0.2) is 0 Å². The Bertz CT molecular complexity index is 713. The summed E-state index contributed by atoms with van der Waals surface area (Å²) in [7, 11) is 0. The van der Waals surface area contributed by atoms with E-state index in [-0.39, 0.29) is 24.2 Å². The molecular weight excluding hydrogens is 302 g/mol. The largest absolute Gasteiger partial charge is 0.352 e. The first-order chi connectivity index (χ1) is 11.6. The summed E-state index contributed by atoms with van der Waals surface area (Å²) in [6.07, 6.45) is 3.68. The van der Waals surface area contributed by atoms with Crippen molar-refractivity contribution in [3.8, 4) is 0 Å². The molecule has 124 valence electrons. The molecule has 1 unspecified atom stereocenters. The second-order valence-electron chi connectivity index (χ2n) is 6.23. The number of benzene rings is 1. The lowest BCUT2D eigenvalue weighted by Gasteiger charge is -2.17. The lowest BCUT2D eigenvalue weighted by Crippen LogP contribution is -2.32. The first-order valence-corrected chi connectivity index (χ1v) is 8.12. The summed E-state index contributed by atoms with van der Waals surface area (Å²) in [6, 6.07) is 11.9. The normalized spacial score (nSPS) is 17.1. The van der Waals surface area contributed by atoms with E-state index in [9.17, 15) is 9.59 Å². The molecule has 1 N–H and O–H groups in total. The summed E-state index contributed by atoms with van der Waals surface area (Å²) in [5.41, 5.74) is 3.28. The van der Waals surface area contributed by atoms with Crippen molar-refractivity contribution in [2.24, 2.45) is 5.92 Å². The van der Waals surface area contributed by atoms with E-state index in [4.69, 9.17) is 0 Å². The van der Waals surface area contributed by atoms with Gasteiger partial charge in [0, 0.05) is 38.4 Å². The Morgan fingerprint density at radius 1 is 1.17 bits per heavy atom. The van der Waals surface area contributed by atoms with Crippen LogP contribution in [0.4, 0.5) is 0 Å². The molecule has 1 fully saturated rings. The van der Waals surface area contributed by atoms with Gasteiger partial charge in [0.05, 0.1) is 5.92 Å². The van der Waals surface area contributed by atoms with E-state index in [1.165, 1.54) is 5.56 Å². The van der Waals surface area contributed by atoms with Crippen LogP contribution in [0.25, 0.3) is 0 Å². The summed E-state index contributed by atoms with van der Waals surface area (Å²) in [6.45, 7) is 3.54. The molecule has 1 aliphatic heterocycles. The predicted octanol–water partition coefficient (Wildman–Crippen LogP) is 2.05. The highest BCUT2D eigenvalue weighted by Gasteiger charge is 2.34. The van der Waals surface area contributed by atoms with Gasteiger partial charge in [0.15, 0.2) is 0 Å². The van der Waals surface area contributed by atoms with E-state index >= 15 is 0 Å². The maximum Gasteiger partial charge on any atom is 0.225 e. The Kier molecular flexibility index (Phi) is 4.89. The molecule has 2 heterocycles. The molecule has 2 amide bonds. The molecule has 0 saturated carbocycles. The number of aryl methyl sites for hydroxylation is 1. The molecule has 0 radical (unpaired) electrons. The fourth-order valence-electron chi connectivity index (χ4n) is 2.85. The number of aromatic nitrogens is 1. The first kappa shape index (κ1) is 16.2. The minimum absolute atomic E-state index is 0.0413. The van der Waals surface area contributed by atoms with E-state index < -0.39 is 0 Å². The average Bonchev–Trinajstić information content (AvgIpc) is 2.96. The van der Waals surface area contributed by atoms with E-state index in [2.05, 4.69) is 10.3 Å². The zero-order chi connectivity index (χ0) is 16.9. The Balaban J connectivity index is 1.53. The molecule has 1 saturated heterocycles. The van der Waals surface area contributed by atoms with Gasteiger partial charge in [-0.2, -0.15) is 0 Å². The van der Waals surface area contributed by atoms with Gasteiger partial charge in [-0.1, -0.05) is 29.8 Å². The highest BCUT2D eigenvalue weighted by atomic mass is 16.2. The number of hydrogen-bond donors (Lipinski definition) is 1. The van der Waals surface area contributed by atoms with E-state index in [1.54, 1.807) is 17.3 Å². The number of amides is 2. The molecule has 2 aromatic rings. The maximum atomic E-state index is 12.3. The van der Waals surface area contributed by atoms with Crippen molar-refractivity contribution in [1.29, 1.82) is 0 Å². The van der Waals surface area contributed by atoms with Crippen molar-refractivity contribution in [3.63, 3.8) is 0 Å². The number of likely N-dealkylation sites (tertiary alicyclic amines) is 1. The lowest BCUT2D eigenvalue weighted by molar-refractivity contribution is -0.129. The first-order valence-electron chi connectivity index (χ1n) is 8.12. The predicted molar refractivity (Wildman–Crippen MR) is 90.8 cm³/mol. The molecule has 5 heteroatoms. The number of nitrogens with one attached hydrogen (secondary N) is 1. The summed E-state index contributed by atoms with van der Waals surface area (Å²) >= 11 is 0. The second kappa shape index (κ2) is 7.25. The van der Waals surface area contributed by atoms with Gasteiger partial charge in [-0.05, 0) is 30.2 Å². The molecule has 24 heavy (non-hydrogen) atoms. The summed E-state index contributed by atoms with van der Waals surface area (Å²) in [4.78, 5) is 30.2. The molecule has 0 bridgehead atoms. The molecule has 1 aromatic carbocycles. The van der Waals surface area contributed by atoms with Crippen LogP contribution in [0.2, 0.25) is 0 Å². The number of rotatable bonds is 5. The monoisotopic (exact) mass is 323 g/mol. The van der Waals surface area contributed by atoms with Crippen molar-refractivity contribution in [2.75, 3.05) is 6.54 Å². The van der Waals surface area contributed by atoms with Gasteiger partial charge >= 0.3 is 0 Å². The Hall–Kier alpha value is -2.69. The standard InChI is InChI=1S/C19H21N3O2/c1-14-2-4-16(5-3-14)12-22-13-17(10-18(22)23)19(24)21-11-15-6-8-20-9-7-15/h2-9,17H,10-13H2,1H3,(H,21,24). The second-order valence-corrected chi connectivity index (χ2v) is 6.23. The molecule has 1 aromatic heterocycles. The van der Waals surface area contributed by atoms with Crippen LogP contribution in [0.5, 0.6) is 0 Å². The van der Waals surface area contributed by atoms with Gasteiger partial charge in [0.25, 0.3) is 0 Å². The highest BCUT2D eigenvalue weighted by Crippen LogP contribution is 2.20. The van der Waals surface area contributed by atoms with E-state index in [1.807, 2.05) is 43.3 Å². The van der Waals surface area contributed by atoms with Gasteiger partial charge in [0.2, 0.25) is 11.8 Å². The number of pyridine rings is 1. The fraction of sp³-hybridized carbons (Fsp3) is 0.316. The van der Waals surface area contributed by atoms with Crippen molar-refractivity contribution >= 4 is 11.8 Å². The van der Waals surface area contributed by atoms with Crippen LogP contribution in [-0.4, -0.2) is 28.2 Å². The molecule has 0 aliphatic carbocycles. The van der Waals surface area contributed by atoms with Crippen molar-refractivity contribution in [3.05, 3.63) is 65.5 Å². The van der Waals surface area contributed by atoms with Crippen LogP contribution >= 0.6 is 0 Å². The van der Waals surface area contributed by atoms with Crippen LogP contribution < -0.4 is 5.32 Å². The third-order valence-electron chi connectivity index (χ3n) is 4.30. The van der Waals surface area contributed by atoms with Crippen LogP contribution in [0.15, 0.2) is 48.8 Å². The quantitative estimate of drug-likeness (QED) is 0.916. The van der Waals surface area contributed by atoms with Crippen LogP contribution in [0.3, 0.4) is 0 Å². The molecule has 1 atom stereocenters. The summed E-state index contributed by atoms with van der Waals surface area (Å²) < 4.78 is 0. The smallest absolute Gasteiger partial charge is 0.225 e. The number of carbonyl (C=O) groups excluding carboxylic acids is 2. The third kappa shape index (κ3) is 3.98. The zero-order valence-electron chi connectivity index (χ0n) is 13.7. The number of nitrogens with zero attached hydrogens (tertiary/aromatic N) is 2. The van der Waals surface area contributed by atoms with Crippen molar-refractivity contribution < 1.29 is 9.59 Å². The topological polar surface area (TPSA) is 62.3 Å². The van der Waals surface area contributed by atoms with Crippen LogP contribution in [0.1, 0.15) is 23.1 Å². The molecule has 3 rings (SSSR count).